The van der Waals surface area contributed by atoms with E-state index in [9.17, 15) is 4.79 Å². The lowest BCUT2D eigenvalue weighted by Gasteiger charge is -2.38. The van der Waals surface area contributed by atoms with Crippen molar-refractivity contribution in [3.63, 3.8) is 0 Å². The zero-order valence-corrected chi connectivity index (χ0v) is 13.0. The van der Waals surface area contributed by atoms with E-state index in [0.717, 1.165) is 18.7 Å². The third-order valence-electron chi connectivity index (χ3n) is 3.81. The molecule has 0 saturated carbocycles. The van der Waals surface area contributed by atoms with Gasteiger partial charge in [0, 0.05) is 30.0 Å². The van der Waals surface area contributed by atoms with Crippen molar-refractivity contribution in [1.29, 1.82) is 0 Å². The minimum Gasteiger partial charge on any atom is -0.338 e. The number of hydrogen-bond acceptors (Lipinski definition) is 3. The lowest BCUT2D eigenvalue weighted by molar-refractivity contribution is -0.134. The van der Waals surface area contributed by atoms with Gasteiger partial charge in [-0.2, -0.15) is 11.8 Å². The van der Waals surface area contributed by atoms with Crippen molar-refractivity contribution in [3.05, 3.63) is 0 Å². The number of rotatable bonds is 5. The molecule has 0 bridgehead atoms. The van der Waals surface area contributed by atoms with Crippen LogP contribution in [0.3, 0.4) is 0 Å². The fourth-order valence-corrected chi connectivity index (χ4v) is 3.68. The van der Waals surface area contributed by atoms with Crippen molar-refractivity contribution in [2.24, 2.45) is 17.6 Å². The standard InChI is InChI=1S/C14H28N2OS/c1-10(2)7-13(9-15)8-14(17)16-5-6-18-12(4)11(16)3/h10-13H,5-9,15H2,1-4H3/t11?,12?,13-/m0/s1. The van der Waals surface area contributed by atoms with Crippen molar-refractivity contribution < 1.29 is 4.79 Å². The van der Waals surface area contributed by atoms with Crippen LogP contribution in [0.1, 0.15) is 40.5 Å². The average Bonchev–Trinajstić information content (AvgIpc) is 2.31. The van der Waals surface area contributed by atoms with Crippen LogP contribution in [-0.4, -0.2) is 40.9 Å². The maximum atomic E-state index is 12.4. The highest BCUT2D eigenvalue weighted by Gasteiger charge is 2.29. The molecular formula is C14H28N2OS. The van der Waals surface area contributed by atoms with Crippen molar-refractivity contribution in [2.45, 2.75) is 51.8 Å². The molecule has 1 amide bonds. The van der Waals surface area contributed by atoms with Gasteiger partial charge < -0.3 is 10.6 Å². The van der Waals surface area contributed by atoms with E-state index in [-0.39, 0.29) is 0 Å². The number of carbonyl (C=O) groups excluding carboxylic acids is 1. The predicted octanol–water partition coefficient (Wildman–Crippen LogP) is 2.35. The summed E-state index contributed by atoms with van der Waals surface area (Å²) in [6, 6.07) is 0.355. The van der Waals surface area contributed by atoms with Crippen molar-refractivity contribution in [2.75, 3.05) is 18.8 Å². The molecule has 3 atom stereocenters. The SMILES string of the molecule is CC(C)C[C@H](CN)CC(=O)N1CCSC(C)C1C. The molecule has 1 rings (SSSR count). The largest absolute Gasteiger partial charge is 0.338 e. The highest BCUT2D eigenvalue weighted by atomic mass is 32.2. The first-order chi connectivity index (χ1) is 8.45. The van der Waals surface area contributed by atoms with Crippen LogP contribution in [0.4, 0.5) is 0 Å². The van der Waals surface area contributed by atoms with E-state index >= 15 is 0 Å². The van der Waals surface area contributed by atoms with Crippen molar-refractivity contribution in [3.8, 4) is 0 Å². The Morgan fingerprint density at radius 2 is 2.11 bits per heavy atom. The topological polar surface area (TPSA) is 46.3 Å². The second kappa shape index (κ2) is 7.39. The van der Waals surface area contributed by atoms with E-state index in [1.807, 2.05) is 11.8 Å². The Hall–Kier alpha value is -0.220. The van der Waals surface area contributed by atoms with Gasteiger partial charge in [-0.1, -0.05) is 20.8 Å². The Bertz CT molecular complexity index is 271. The molecule has 0 aromatic rings. The first-order valence-corrected chi connectivity index (χ1v) is 8.11. The van der Waals surface area contributed by atoms with Crippen LogP contribution in [0, 0.1) is 11.8 Å². The molecule has 106 valence electrons. The molecule has 1 saturated heterocycles. The molecule has 1 heterocycles. The van der Waals surface area contributed by atoms with Crippen molar-refractivity contribution >= 4 is 17.7 Å². The normalized spacial score (nSPS) is 26.4. The van der Waals surface area contributed by atoms with Gasteiger partial charge in [-0.15, -0.1) is 0 Å². The molecule has 1 aliphatic rings. The summed E-state index contributed by atoms with van der Waals surface area (Å²) in [4.78, 5) is 14.4. The van der Waals surface area contributed by atoms with Gasteiger partial charge in [0.05, 0.1) is 0 Å². The lowest BCUT2D eigenvalue weighted by atomic mass is 9.93. The molecule has 0 aliphatic carbocycles. The van der Waals surface area contributed by atoms with E-state index in [4.69, 9.17) is 5.73 Å². The van der Waals surface area contributed by atoms with Crippen LogP contribution in [0.15, 0.2) is 0 Å². The number of thioether (sulfide) groups is 1. The fraction of sp³-hybridized carbons (Fsp3) is 0.929. The van der Waals surface area contributed by atoms with Gasteiger partial charge in [0.1, 0.15) is 0 Å². The van der Waals surface area contributed by atoms with Gasteiger partial charge in [0.25, 0.3) is 0 Å². The van der Waals surface area contributed by atoms with E-state index < -0.39 is 0 Å². The Balaban J connectivity index is 2.52. The zero-order valence-electron chi connectivity index (χ0n) is 12.2. The maximum absolute atomic E-state index is 12.4. The molecule has 2 N–H and O–H groups in total. The minimum atomic E-state index is 0.297. The van der Waals surface area contributed by atoms with E-state index in [1.165, 1.54) is 0 Å². The summed E-state index contributed by atoms with van der Waals surface area (Å²) in [7, 11) is 0. The molecule has 1 aliphatic heterocycles. The maximum Gasteiger partial charge on any atom is 0.223 e. The summed E-state index contributed by atoms with van der Waals surface area (Å²) in [6.45, 7) is 10.3. The second-order valence-electron chi connectivity index (χ2n) is 5.84. The van der Waals surface area contributed by atoms with Gasteiger partial charge in [-0.05, 0) is 31.7 Å². The van der Waals surface area contributed by atoms with Crippen LogP contribution in [-0.2, 0) is 4.79 Å². The molecule has 0 radical (unpaired) electrons. The summed E-state index contributed by atoms with van der Waals surface area (Å²) in [5, 5.41) is 0.545. The molecule has 2 unspecified atom stereocenters. The van der Waals surface area contributed by atoms with E-state index in [1.54, 1.807) is 0 Å². The molecule has 4 heteroatoms. The minimum absolute atomic E-state index is 0.297. The smallest absolute Gasteiger partial charge is 0.223 e. The van der Waals surface area contributed by atoms with Gasteiger partial charge in [0.15, 0.2) is 0 Å². The van der Waals surface area contributed by atoms with E-state index in [0.29, 0.717) is 42.0 Å². The summed E-state index contributed by atoms with van der Waals surface area (Å²) in [5.74, 6) is 2.31. The zero-order chi connectivity index (χ0) is 13.7. The average molecular weight is 272 g/mol. The second-order valence-corrected chi connectivity index (χ2v) is 7.32. The number of amides is 1. The van der Waals surface area contributed by atoms with Gasteiger partial charge in [-0.3, -0.25) is 4.79 Å². The van der Waals surface area contributed by atoms with Crippen LogP contribution in [0.2, 0.25) is 0 Å². The molecule has 0 spiro atoms. The first kappa shape index (κ1) is 15.8. The molecular weight excluding hydrogens is 244 g/mol. The summed E-state index contributed by atoms with van der Waals surface area (Å²) >= 11 is 1.96. The van der Waals surface area contributed by atoms with E-state index in [2.05, 4.69) is 32.6 Å². The Kier molecular flexibility index (Phi) is 6.50. The summed E-state index contributed by atoms with van der Waals surface area (Å²) in [5.41, 5.74) is 5.79. The Labute approximate surface area is 116 Å². The number of hydrogen-bond donors (Lipinski definition) is 1. The third kappa shape index (κ3) is 4.47. The Morgan fingerprint density at radius 3 is 2.67 bits per heavy atom. The Morgan fingerprint density at radius 1 is 1.44 bits per heavy atom. The molecule has 1 fully saturated rings. The van der Waals surface area contributed by atoms with Gasteiger partial charge in [0.2, 0.25) is 5.91 Å². The number of nitrogens with two attached hydrogens (primary N) is 1. The number of nitrogens with zero attached hydrogens (tertiary/aromatic N) is 1. The molecule has 18 heavy (non-hydrogen) atoms. The molecule has 0 aromatic heterocycles. The fourth-order valence-electron chi connectivity index (χ4n) is 2.58. The molecule has 3 nitrogen and oxygen atoms in total. The lowest BCUT2D eigenvalue weighted by Crippen LogP contribution is -2.48. The van der Waals surface area contributed by atoms with Gasteiger partial charge in [-0.25, -0.2) is 0 Å². The first-order valence-electron chi connectivity index (χ1n) is 7.06. The van der Waals surface area contributed by atoms with Crippen LogP contribution >= 0.6 is 11.8 Å². The highest BCUT2D eigenvalue weighted by molar-refractivity contribution is 8.00. The third-order valence-corrected chi connectivity index (χ3v) is 5.14. The highest BCUT2D eigenvalue weighted by Crippen LogP contribution is 2.26. The van der Waals surface area contributed by atoms with Gasteiger partial charge >= 0.3 is 0 Å². The summed E-state index contributed by atoms with van der Waals surface area (Å²) in [6.07, 6.45) is 1.67. The monoisotopic (exact) mass is 272 g/mol. The van der Waals surface area contributed by atoms with Crippen LogP contribution < -0.4 is 5.73 Å². The number of carbonyl (C=O) groups is 1. The summed E-state index contributed by atoms with van der Waals surface area (Å²) < 4.78 is 0. The predicted molar refractivity (Wildman–Crippen MR) is 79.7 cm³/mol. The quantitative estimate of drug-likeness (QED) is 0.835. The molecule has 0 aromatic carbocycles. The van der Waals surface area contributed by atoms with Crippen LogP contribution in [0.5, 0.6) is 0 Å². The van der Waals surface area contributed by atoms with Crippen molar-refractivity contribution in [1.82, 2.24) is 4.90 Å². The van der Waals surface area contributed by atoms with Crippen LogP contribution in [0.25, 0.3) is 0 Å².